The van der Waals surface area contributed by atoms with Gasteiger partial charge in [-0.1, -0.05) is 37.3 Å². The normalized spacial score (nSPS) is 10.4. The molecule has 28 heavy (non-hydrogen) atoms. The number of benzene rings is 2. The fourth-order valence-corrected chi connectivity index (χ4v) is 2.61. The Morgan fingerprint density at radius 2 is 1.82 bits per heavy atom. The summed E-state index contributed by atoms with van der Waals surface area (Å²) in [5.41, 5.74) is 1.75. The van der Waals surface area contributed by atoms with E-state index in [9.17, 15) is 9.59 Å². The van der Waals surface area contributed by atoms with Gasteiger partial charge in [0.15, 0.2) is 5.11 Å². The average molecular weight is 398 g/mol. The summed E-state index contributed by atoms with van der Waals surface area (Å²) in [7, 11) is 1.57. The standard InChI is InChI=1S/C21H23N3O3S/c1-3-14-22-20(26)16-9-5-6-10-17(16)23-21(28)24-19(25)13-12-15-8-4-7-11-18(15)27-2/h4-13H,3,14H2,1-2H3,(H,22,26)(H2,23,24,25,28). The highest BCUT2D eigenvalue weighted by molar-refractivity contribution is 7.80. The molecule has 0 saturated heterocycles. The number of carbonyl (C=O) groups is 2. The molecule has 0 atom stereocenters. The summed E-state index contributed by atoms with van der Waals surface area (Å²) in [6, 6.07) is 14.3. The Bertz CT molecular complexity index is 881. The van der Waals surface area contributed by atoms with Gasteiger partial charge in [0.2, 0.25) is 5.91 Å². The molecule has 6 nitrogen and oxygen atoms in total. The van der Waals surface area contributed by atoms with Crippen LogP contribution in [0.1, 0.15) is 29.3 Å². The number of methoxy groups -OCH3 is 1. The molecule has 0 aromatic heterocycles. The summed E-state index contributed by atoms with van der Waals surface area (Å²) in [6.07, 6.45) is 3.85. The molecule has 0 heterocycles. The summed E-state index contributed by atoms with van der Waals surface area (Å²) in [6.45, 7) is 2.57. The molecule has 2 amide bonds. The van der Waals surface area contributed by atoms with Gasteiger partial charge in [-0.15, -0.1) is 0 Å². The molecule has 0 spiro atoms. The second kappa shape index (κ2) is 10.8. The van der Waals surface area contributed by atoms with Gasteiger partial charge in [-0.25, -0.2) is 0 Å². The quantitative estimate of drug-likeness (QED) is 0.493. The lowest BCUT2D eigenvalue weighted by Crippen LogP contribution is -2.34. The monoisotopic (exact) mass is 397 g/mol. The zero-order valence-electron chi connectivity index (χ0n) is 15.8. The first kappa shape index (κ1) is 21.1. The summed E-state index contributed by atoms with van der Waals surface area (Å²) in [4.78, 5) is 24.4. The molecule has 0 aliphatic heterocycles. The summed E-state index contributed by atoms with van der Waals surface area (Å²) >= 11 is 5.19. The largest absolute Gasteiger partial charge is 0.496 e. The molecule has 2 aromatic carbocycles. The molecule has 0 aliphatic rings. The molecule has 7 heteroatoms. The number of nitrogens with one attached hydrogen (secondary N) is 3. The average Bonchev–Trinajstić information content (AvgIpc) is 2.71. The van der Waals surface area contributed by atoms with E-state index in [1.807, 2.05) is 31.2 Å². The van der Waals surface area contributed by atoms with E-state index in [0.29, 0.717) is 23.5 Å². The van der Waals surface area contributed by atoms with Gasteiger partial charge in [-0.3, -0.25) is 14.9 Å². The van der Waals surface area contributed by atoms with Crippen molar-refractivity contribution in [1.29, 1.82) is 0 Å². The Morgan fingerprint density at radius 1 is 1.11 bits per heavy atom. The van der Waals surface area contributed by atoms with Crippen LogP contribution in [0.5, 0.6) is 5.75 Å². The van der Waals surface area contributed by atoms with Gasteiger partial charge in [0, 0.05) is 18.2 Å². The lowest BCUT2D eigenvalue weighted by Gasteiger charge is -2.12. The molecule has 2 rings (SSSR count). The number of hydrogen-bond acceptors (Lipinski definition) is 4. The summed E-state index contributed by atoms with van der Waals surface area (Å²) < 4.78 is 5.24. The Morgan fingerprint density at radius 3 is 2.57 bits per heavy atom. The van der Waals surface area contributed by atoms with Crippen molar-refractivity contribution in [2.75, 3.05) is 19.0 Å². The van der Waals surface area contributed by atoms with Crippen molar-refractivity contribution in [2.45, 2.75) is 13.3 Å². The number of rotatable bonds is 7. The number of para-hydroxylation sites is 2. The van der Waals surface area contributed by atoms with Crippen LogP contribution in [0.25, 0.3) is 6.08 Å². The van der Waals surface area contributed by atoms with E-state index >= 15 is 0 Å². The van der Waals surface area contributed by atoms with Crippen molar-refractivity contribution in [3.05, 3.63) is 65.7 Å². The molecule has 2 aromatic rings. The zero-order chi connectivity index (χ0) is 20.4. The smallest absolute Gasteiger partial charge is 0.253 e. The van der Waals surface area contributed by atoms with Gasteiger partial charge < -0.3 is 15.4 Å². The maximum absolute atomic E-state index is 12.2. The number of thiocarbonyl (C=S) groups is 1. The van der Waals surface area contributed by atoms with E-state index in [1.54, 1.807) is 37.5 Å². The molecule has 3 N–H and O–H groups in total. The summed E-state index contributed by atoms with van der Waals surface area (Å²) in [5, 5.41) is 8.39. The minimum atomic E-state index is -0.392. The first-order chi connectivity index (χ1) is 13.5. The number of hydrogen-bond donors (Lipinski definition) is 3. The van der Waals surface area contributed by atoms with E-state index < -0.39 is 5.91 Å². The van der Waals surface area contributed by atoms with E-state index in [4.69, 9.17) is 17.0 Å². The first-order valence-electron chi connectivity index (χ1n) is 8.85. The fraction of sp³-hybridized carbons (Fsp3) is 0.190. The van der Waals surface area contributed by atoms with Crippen molar-refractivity contribution < 1.29 is 14.3 Å². The lowest BCUT2D eigenvalue weighted by atomic mass is 10.1. The molecular formula is C21H23N3O3S. The highest BCUT2D eigenvalue weighted by Crippen LogP contribution is 2.18. The molecule has 0 fully saturated rings. The number of carbonyl (C=O) groups excluding carboxylic acids is 2. The van der Waals surface area contributed by atoms with Crippen LogP contribution in [0.2, 0.25) is 0 Å². The van der Waals surface area contributed by atoms with Gasteiger partial charge in [0.1, 0.15) is 5.75 Å². The van der Waals surface area contributed by atoms with Crippen LogP contribution < -0.4 is 20.7 Å². The topological polar surface area (TPSA) is 79.5 Å². The number of anilines is 1. The van der Waals surface area contributed by atoms with Crippen LogP contribution in [0.15, 0.2) is 54.6 Å². The summed E-state index contributed by atoms with van der Waals surface area (Å²) in [5.74, 6) is 0.0748. The Kier molecular flexibility index (Phi) is 8.17. The van der Waals surface area contributed by atoms with Crippen LogP contribution in [-0.4, -0.2) is 30.6 Å². The maximum atomic E-state index is 12.2. The molecule has 0 radical (unpaired) electrons. The molecule has 0 bridgehead atoms. The van der Waals surface area contributed by atoms with E-state index in [-0.39, 0.29) is 11.0 Å². The molecule has 146 valence electrons. The highest BCUT2D eigenvalue weighted by atomic mass is 32.1. The van der Waals surface area contributed by atoms with Gasteiger partial charge in [-0.05, 0) is 42.9 Å². The minimum Gasteiger partial charge on any atom is -0.496 e. The third kappa shape index (κ3) is 6.21. The fourth-order valence-electron chi connectivity index (χ4n) is 2.40. The lowest BCUT2D eigenvalue weighted by molar-refractivity contribution is -0.115. The zero-order valence-corrected chi connectivity index (χ0v) is 16.6. The minimum absolute atomic E-state index is 0.102. The van der Waals surface area contributed by atoms with E-state index in [1.165, 1.54) is 6.08 Å². The van der Waals surface area contributed by atoms with Crippen LogP contribution in [0.3, 0.4) is 0 Å². The highest BCUT2D eigenvalue weighted by Gasteiger charge is 2.11. The predicted molar refractivity (Wildman–Crippen MR) is 115 cm³/mol. The second-order valence-electron chi connectivity index (χ2n) is 5.82. The van der Waals surface area contributed by atoms with Gasteiger partial charge in [0.05, 0.1) is 18.4 Å². The third-order valence-electron chi connectivity index (χ3n) is 3.75. The van der Waals surface area contributed by atoms with Gasteiger partial charge >= 0.3 is 0 Å². The van der Waals surface area contributed by atoms with Crippen LogP contribution in [-0.2, 0) is 4.79 Å². The first-order valence-corrected chi connectivity index (χ1v) is 9.26. The van der Waals surface area contributed by atoms with Crippen LogP contribution in [0, 0.1) is 0 Å². The molecular weight excluding hydrogens is 374 g/mol. The molecule has 0 unspecified atom stereocenters. The van der Waals surface area contributed by atoms with Gasteiger partial charge in [0.25, 0.3) is 5.91 Å². The third-order valence-corrected chi connectivity index (χ3v) is 3.95. The Labute approximate surface area is 170 Å². The van der Waals surface area contributed by atoms with Crippen LogP contribution >= 0.6 is 12.2 Å². The SMILES string of the molecule is CCCNC(=O)c1ccccc1NC(=S)NC(=O)C=Cc1ccccc1OC. The van der Waals surface area contributed by atoms with Crippen molar-refractivity contribution in [2.24, 2.45) is 0 Å². The number of ether oxygens (including phenoxy) is 1. The van der Waals surface area contributed by atoms with E-state index in [0.717, 1.165) is 12.0 Å². The molecule has 0 saturated carbocycles. The second-order valence-corrected chi connectivity index (χ2v) is 6.23. The van der Waals surface area contributed by atoms with Crippen molar-refractivity contribution >= 4 is 40.9 Å². The Balaban J connectivity index is 1.99. The molecule has 0 aliphatic carbocycles. The number of amides is 2. The Hall–Kier alpha value is -3.19. The van der Waals surface area contributed by atoms with Crippen molar-refractivity contribution in [1.82, 2.24) is 10.6 Å². The van der Waals surface area contributed by atoms with E-state index in [2.05, 4.69) is 16.0 Å². The maximum Gasteiger partial charge on any atom is 0.253 e. The van der Waals surface area contributed by atoms with Crippen LogP contribution in [0.4, 0.5) is 5.69 Å². The van der Waals surface area contributed by atoms with Gasteiger partial charge in [-0.2, -0.15) is 0 Å². The van der Waals surface area contributed by atoms with Crippen molar-refractivity contribution in [3.8, 4) is 5.75 Å². The predicted octanol–water partition coefficient (Wildman–Crippen LogP) is 3.36. The van der Waals surface area contributed by atoms with Crippen molar-refractivity contribution in [3.63, 3.8) is 0 Å².